The van der Waals surface area contributed by atoms with Crippen LogP contribution in [0.4, 0.5) is 0 Å². The Hall–Kier alpha value is -4.75. The van der Waals surface area contributed by atoms with Crippen molar-refractivity contribution >= 4 is 53.6 Å². The number of methoxy groups -OCH3 is 1. The van der Waals surface area contributed by atoms with Gasteiger partial charge in [0.05, 0.1) is 13.2 Å². The number of hydrogen-bond donors (Lipinski definition) is 0. The van der Waals surface area contributed by atoms with Crippen LogP contribution in [0.2, 0.25) is 0 Å². The molecule has 4 nitrogen and oxygen atoms in total. The van der Waals surface area contributed by atoms with E-state index in [1.165, 1.54) is 40.1 Å². The lowest BCUT2D eigenvalue weighted by Gasteiger charge is -2.30. The molecule has 0 aliphatic heterocycles. The Morgan fingerprint density at radius 2 is 0.941 bits per heavy atom. The molecule has 6 aromatic rings. The average molecular weight is 709 g/mol. The summed E-state index contributed by atoms with van der Waals surface area (Å²) in [6.07, 6.45) is 5.76. The van der Waals surface area contributed by atoms with Crippen molar-refractivity contribution in [3.05, 3.63) is 158 Å². The standard InChI is InChI=1S/C45H42O4P2/c1-47-43(46)33-48-39-29-17-31-41(50(35-21-9-3-10-22-35)36-23-11-4-12-24-36)44(39)45-40(49-34-19-7-2-8-20-34)30-18-32-42(45)51(37-25-13-5-14-26-37)38-27-15-6-16-28-38/h3-6,9-18,21-32,34H,2,7-8,19-20,33H2,1H3. The zero-order valence-corrected chi connectivity index (χ0v) is 30.6. The smallest absolute Gasteiger partial charge is 0.343 e. The zero-order valence-electron chi connectivity index (χ0n) is 28.9. The molecule has 0 amide bonds. The highest BCUT2D eigenvalue weighted by molar-refractivity contribution is 7.80. The Balaban J connectivity index is 1.55. The van der Waals surface area contributed by atoms with Gasteiger partial charge < -0.3 is 14.2 Å². The van der Waals surface area contributed by atoms with Gasteiger partial charge in [0.2, 0.25) is 0 Å². The van der Waals surface area contributed by atoms with Crippen LogP contribution >= 0.6 is 15.8 Å². The van der Waals surface area contributed by atoms with Crippen molar-refractivity contribution in [1.82, 2.24) is 0 Å². The number of ether oxygens (including phenoxy) is 3. The Labute approximate surface area is 303 Å². The minimum absolute atomic E-state index is 0.129. The summed E-state index contributed by atoms with van der Waals surface area (Å²) >= 11 is 0. The van der Waals surface area contributed by atoms with Crippen molar-refractivity contribution < 1.29 is 19.0 Å². The van der Waals surface area contributed by atoms with Crippen LogP contribution in [-0.2, 0) is 9.53 Å². The second-order valence-electron chi connectivity index (χ2n) is 12.6. The number of benzene rings is 6. The highest BCUT2D eigenvalue weighted by Crippen LogP contribution is 2.47. The first kappa shape index (κ1) is 34.7. The minimum atomic E-state index is -1.05. The van der Waals surface area contributed by atoms with Crippen molar-refractivity contribution in [2.24, 2.45) is 0 Å². The first-order valence-corrected chi connectivity index (χ1v) is 20.3. The van der Waals surface area contributed by atoms with E-state index >= 15 is 0 Å². The summed E-state index contributed by atoms with van der Waals surface area (Å²) in [5.41, 5.74) is 1.98. The number of hydrogen-bond acceptors (Lipinski definition) is 4. The molecular formula is C45H42O4P2. The molecule has 0 bridgehead atoms. The molecule has 0 heterocycles. The van der Waals surface area contributed by atoms with Crippen LogP contribution in [0.5, 0.6) is 11.5 Å². The van der Waals surface area contributed by atoms with Crippen LogP contribution in [-0.4, -0.2) is 25.8 Å². The van der Waals surface area contributed by atoms with Gasteiger partial charge in [0.25, 0.3) is 0 Å². The van der Waals surface area contributed by atoms with Gasteiger partial charge in [0, 0.05) is 11.1 Å². The molecule has 1 aliphatic rings. The molecule has 0 radical (unpaired) electrons. The Morgan fingerprint density at radius 1 is 0.529 bits per heavy atom. The van der Waals surface area contributed by atoms with Crippen LogP contribution in [0.3, 0.4) is 0 Å². The lowest BCUT2D eigenvalue weighted by molar-refractivity contribution is -0.142. The first-order valence-electron chi connectivity index (χ1n) is 17.6. The molecule has 0 N–H and O–H groups in total. The summed E-state index contributed by atoms with van der Waals surface area (Å²) < 4.78 is 18.7. The maximum atomic E-state index is 12.6. The molecule has 0 aromatic heterocycles. The fraction of sp³-hybridized carbons (Fsp3) is 0.178. The molecule has 256 valence electrons. The maximum Gasteiger partial charge on any atom is 0.343 e. The van der Waals surface area contributed by atoms with Crippen LogP contribution in [0.25, 0.3) is 11.1 Å². The fourth-order valence-corrected chi connectivity index (χ4v) is 11.8. The number of esters is 1. The monoisotopic (exact) mass is 708 g/mol. The second kappa shape index (κ2) is 17.0. The van der Waals surface area contributed by atoms with Crippen LogP contribution in [0.15, 0.2) is 158 Å². The van der Waals surface area contributed by atoms with E-state index in [0.29, 0.717) is 5.75 Å². The van der Waals surface area contributed by atoms with E-state index in [-0.39, 0.29) is 12.7 Å². The Bertz CT molecular complexity index is 1940. The first-order chi connectivity index (χ1) is 25.2. The van der Waals surface area contributed by atoms with Gasteiger partial charge in [-0.15, -0.1) is 0 Å². The second-order valence-corrected chi connectivity index (χ2v) is 16.9. The van der Waals surface area contributed by atoms with E-state index in [0.717, 1.165) is 47.9 Å². The van der Waals surface area contributed by atoms with Crippen LogP contribution in [0, 0.1) is 0 Å². The Kier molecular flexibility index (Phi) is 11.5. The molecule has 6 aromatic carbocycles. The van der Waals surface area contributed by atoms with E-state index in [4.69, 9.17) is 14.2 Å². The van der Waals surface area contributed by atoms with Gasteiger partial charge in [-0.1, -0.05) is 152 Å². The summed E-state index contributed by atoms with van der Waals surface area (Å²) in [5, 5.41) is 7.27. The van der Waals surface area contributed by atoms with Crippen molar-refractivity contribution in [2.75, 3.05) is 13.7 Å². The largest absolute Gasteiger partial charge is 0.490 e. The zero-order chi connectivity index (χ0) is 34.8. The van der Waals surface area contributed by atoms with Crippen LogP contribution in [0.1, 0.15) is 32.1 Å². The third-order valence-electron chi connectivity index (χ3n) is 9.22. The lowest BCUT2D eigenvalue weighted by atomic mass is 9.97. The van der Waals surface area contributed by atoms with E-state index < -0.39 is 21.8 Å². The third kappa shape index (κ3) is 8.10. The lowest BCUT2D eigenvalue weighted by Crippen LogP contribution is -2.28. The van der Waals surface area contributed by atoms with E-state index in [1.807, 2.05) is 12.1 Å². The molecule has 1 aliphatic carbocycles. The molecule has 0 spiro atoms. The predicted octanol–water partition coefficient (Wildman–Crippen LogP) is 8.13. The number of carbonyl (C=O) groups is 1. The van der Waals surface area contributed by atoms with Gasteiger partial charge >= 0.3 is 5.97 Å². The van der Waals surface area contributed by atoms with Gasteiger partial charge in [-0.25, -0.2) is 4.79 Å². The normalized spacial score (nSPS) is 13.2. The molecular weight excluding hydrogens is 666 g/mol. The fourth-order valence-electron chi connectivity index (χ4n) is 6.85. The minimum Gasteiger partial charge on any atom is -0.490 e. The Morgan fingerprint density at radius 3 is 1.37 bits per heavy atom. The summed E-state index contributed by atoms with van der Waals surface area (Å²) in [6.45, 7) is -0.200. The number of carbonyl (C=O) groups excluding carboxylic acids is 1. The molecule has 0 saturated heterocycles. The summed E-state index contributed by atoms with van der Waals surface area (Å²) in [7, 11) is -0.686. The summed E-state index contributed by atoms with van der Waals surface area (Å²) in [5.74, 6) is 1.06. The van der Waals surface area contributed by atoms with Gasteiger partial charge in [-0.05, 0) is 85.5 Å². The van der Waals surface area contributed by atoms with Gasteiger partial charge in [-0.3, -0.25) is 0 Å². The van der Waals surface area contributed by atoms with Gasteiger partial charge in [0.1, 0.15) is 11.5 Å². The van der Waals surface area contributed by atoms with Gasteiger partial charge in [-0.2, -0.15) is 0 Å². The summed E-state index contributed by atoms with van der Waals surface area (Å²) in [6, 6.07) is 55.9. The highest BCUT2D eigenvalue weighted by atomic mass is 31.1. The number of rotatable bonds is 12. The van der Waals surface area contributed by atoms with E-state index in [9.17, 15) is 4.79 Å². The van der Waals surface area contributed by atoms with Crippen LogP contribution < -0.4 is 41.3 Å². The third-order valence-corrected chi connectivity index (χ3v) is 14.2. The molecule has 51 heavy (non-hydrogen) atoms. The van der Waals surface area contributed by atoms with Gasteiger partial charge in [0.15, 0.2) is 6.61 Å². The van der Waals surface area contributed by atoms with Crippen molar-refractivity contribution in [1.29, 1.82) is 0 Å². The predicted molar refractivity (Wildman–Crippen MR) is 214 cm³/mol. The molecule has 6 heteroatoms. The quantitative estimate of drug-likeness (QED) is 0.0952. The molecule has 1 fully saturated rings. The molecule has 0 unspecified atom stereocenters. The average Bonchev–Trinajstić information content (AvgIpc) is 3.20. The maximum absolute atomic E-state index is 12.6. The van der Waals surface area contributed by atoms with Crippen molar-refractivity contribution in [2.45, 2.75) is 38.2 Å². The summed E-state index contributed by atoms with van der Waals surface area (Å²) in [4.78, 5) is 12.6. The molecule has 1 saturated carbocycles. The molecule has 0 atom stereocenters. The van der Waals surface area contributed by atoms with E-state index in [2.05, 4.69) is 146 Å². The SMILES string of the molecule is COC(=O)COc1cccc(P(c2ccccc2)c2ccccc2)c1-c1c(OC2CCCCC2)cccc1P(c1ccccc1)c1ccccc1. The highest BCUT2D eigenvalue weighted by Gasteiger charge is 2.31. The van der Waals surface area contributed by atoms with Crippen molar-refractivity contribution in [3.63, 3.8) is 0 Å². The van der Waals surface area contributed by atoms with Crippen molar-refractivity contribution in [3.8, 4) is 22.6 Å². The topological polar surface area (TPSA) is 44.8 Å². The van der Waals surface area contributed by atoms with E-state index in [1.54, 1.807) is 0 Å². The molecule has 7 rings (SSSR count).